The van der Waals surface area contributed by atoms with Gasteiger partial charge in [-0.3, -0.25) is 4.79 Å². The summed E-state index contributed by atoms with van der Waals surface area (Å²) >= 11 is 0. The van der Waals surface area contributed by atoms with Crippen molar-refractivity contribution in [3.8, 4) is 0 Å². The minimum Gasteiger partial charge on any atom is -0.397 e. The Morgan fingerprint density at radius 2 is 2.13 bits per heavy atom. The van der Waals surface area contributed by atoms with Crippen molar-refractivity contribution in [1.29, 1.82) is 0 Å². The number of aryl methyl sites for hydroxylation is 1. The van der Waals surface area contributed by atoms with Crippen LogP contribution in [0.4, 0.5) is 11.4 Å². The fourth-order valence-corrected chi connectivity index (χ4v) is 1.39. The Labute approximate surface area is 89.9 Å². The van der Waals surface area contributed by atoms with Crippen LogP contribution in [-0.4, -0.2) is 19.0 Å². The maximum Gasteiger partial charge on any atom is 0.241 e. The minimum atomic E-state index is -0.293. The maximum atomic E-state index is 11.3. The average molecular weight is 207 g/mol. The zero-order chi connectivity index (χ0) is 11.4. The number of benzene rings is 1. The molecule has 4 heteroatoms. The summed E-state index contributed by atoms with van der Waals surface area (Å²) < 4.78 is 0. The highest BCUT2D eigenvalue weighted by molar-refractivity contribution is 5.85. The predicted octanol–water partition coefficient (Wildman–Crippen LogP) is 1.12. The van der Waals surface area contributed by atoms with Crippen molar-refractivity contribution in [3.05, 3.63) is 23.8 Å². The van der Waals surface area contributed by atoms with E-state index in [1.54, 1.807) is 14.0 Å². The number of amides is 1. The third-order valence-electron chi connectivity index (χ3n) is 2.31. The van der Waals surface area contributed by atoms with Gasteiger partial charge in [-0.15, -0.1) is 0 Å². The molecule has 0 aromatic heterocycles. The molecule has 82 valence electrons. The normalized spacial score (nSPS) is 11.9. The van der Waals surface area contributed by atoms with E-state index in [1.165, 1.54) is 0 Å². The van der Waals surface area contributed by atoms with Crippen LogP contribution < -0.4 is 16.4 Å². The SMILES string of the molecule is CNC(=O)C(C)Nc1c(C)cccc1N. The van der Waals surface area contributed by atoms with Gasteiger partial charge in [-0.1, -0.05) is 12.1 Å². The van der Waals surface area contributed by atoms with E-state index < -0.39 is 0 Å². The standard InChI is InChI=1S/C11H17N3O/c1-7-5-4-6-9(12)10(7)14-8(2)11(15)13-3/h4-6,8,14H,12H2,1-3H3,(H,13,15). The molecule has 15 heavy (non-hydrogen) atoms. The molecular formula is C11H17N3O. The molecule has 0 fully saturated rings. The van der Waals surface area contributed by atoms with Gasteiger partial charge in [0.05, 0.1) is 11.4 Å². The van der Waals surface area contributed by atoms with E-state index in [2.05, 4.69) is 10.6 Å². The van der Waals surface area contributed by atoms with Crippen LogP contribution in [0.2, 0.25) is 0 Å². The van der Waals surface area contributed by atoms with Gasteiger partial charge < -0.3 is 16.4 Å². The second-order valence-electron chi connectivity index (χ2n) is 3.52. The van der Waals surface area contributed by atoms with Crippen LogP contribution in [0.1, 0.15) is 12.5 Å². The number of nitrogen functional groups attached to an aromatic ring is 1. The zero-order valence-corrected chi connectivity index (χ0v) is 9.29. The summed E-state index contributed by atoms with van der Waals surface area (Å²) in [6.45, 7) is 3.75. The number of hydrogen-bond donors (Lipinski definition) is 3. The smallest absolute Gasteiger partial charge is 0.241 e. The summed E-state index contributed by atoms with van der Waals surface area (Å²) in [7, 11) is 1.61. The molecule has 1 aromatic rings. The van der Waals surface area contributed by atoms with E-state index in [4.69, 9.17) is 5.73 Å². The van der Waals surface area contributed by atoms with Crippen molar-refractivity contribution in [2.45, 2.75) is 19.9 Å². The average Bonchev–Trinajstić information content (AvgIpc) is 2.22. The summed E-state index contributed by atoms with van der Waals surface area (Å²) in [5, 5.41) is 5.67. The maximum absolute atomic E-state index is 11.3. The van der Waals surface area contributed by atoms with Crippen LogP contribution in [0.25, 0.3) is 0 Å². The molecule has 1 atom stereocenters. The number of anilines is 2. The lowest BCUT2D eigenvalue weighted by atomic mass is 10.1. The Balaban J connectivity index is 2.85. The van der Waals surface area contributed by atoms with Crippen LogP contribution in [-0.2, 0) is 4.79 Å². The highest BCUT2D eigenvalue weighted by atomic mass is 16.2. The number of rotatable bonds is 3. The first kappa shape index (κ1) is 11.4. The van der Waals surface area contributed by atoms with E-state index in [-0.39, 0.29) is 11.9 Å². The molecule has 0 saturated carbocycles. The van der Waals surface area contributed by atoms with Crippen molar-refractivity contribution in [3.63, 3.8) is 0 Å². The summed E-state index contributed by atoms with van der Waals surface area (Å²) in [5.74, 6) is -0.0577. The van der Waals surface area contributed by atoms with Gasteiger partial charge in [-0.25, -0.2) is 0 Å². The molecule has 0 aliphatic heterocycles. The number of carbonyl (C=O) groups excluding carboxylic acids is 1. The number of nitrogens with two attached hydrogens (primary N) is 1. The summed E-state index contributed by atoms with van der Waals surface area (Å²) in [5.41, 5.74) is 8.34. The number of likely N-dealkylation sites (N-methyl/N-ethyl adjacent to an activating group) is 1. The van der Waals surface area contributed by atoms with E-state index in [1.807, 2.05) is 25.1 Å². The van der Waals surface area contributed by atoms with E-state index >= 15 is 0 Å². The molecule has 1 rings (SSSR count). The number of carbonyl (C=O) groups is 1. The molecule has 0 aliphatic rings. The van der Waals surface area contributed by atoms with Gasteiger partial charge in [0.1, 0.15) is 6.04 Å². The Bertz CT molecular complexity index is 343. The van der Waals surface area contributed by atoms with Crippen molar-refractivity contribution in [2.24, 2.45) is 0 Å². The third kappa shape index (κ3) is 2.62. The number of nitrogens with one attached hydrogen (secondary N) is 2. The minimum absolute atomic E-state index is 0.0577. The van der Waals surface area contributed by atoms with Crippen molar-refractivity contribution < 1.29 is 4.79 Å². The monoisotopic (exact) mass is 207 g/mol. The molecule has 0 saturated heterocycles. The third-order valence-corrected chi connectivity index (χ3v) is 2.31. The molecule has 0 bridgehead atoms. The molecule has 0 spiro atoms. The zero-order valence-electron chi connectivity index (χ0n) is 9.29. The van der Waals surface area contributed by atoms with Gasteiger partial charge in [-0.05, 0) is 25.5 Å². The molecule has 4 N–H and O–H groups in total. The van der Waals surface area contributed by atoms with Crippen LogP contribution in [0.5, 0.6) is 0 Å². The van der Waals surface area contributed by atoms with Gasteiger partial charge in [0.2, 0.25) is 5.91 Å². The molecule has 0 aliphatic carbocycles. The lowest BCUT2D eigenvalue weighted by molar-refractivity contribution is -0.121. The van der Waals surface area contributed by atoms with Crippen LogP contribution >= 0.6 is 0 Å². The topological polar surface area (TPSA) is 67.2 Å². The van der Waals surface area contributed by atoms with E-state index in [9.17, 15) is 4.79 Å². The number of hydrogen-bond acceptors (Lipinski definition) is 3. The van der Waals surface area contributed by atoms with Crippen LogP contribution in [0, 0.1) is 6.92 Å². The molecule has 0 radical (unpaired) electrons. The lowest BCUT2D eigenvalue weighted by Crippen LogP contribution is -2.35. The van der Waals surface area contributed by atoms with Gasteiger partial charge in [0, 0.05) is 7.05 Å². The first-order chi connectivity index (χ1) is 7.06. The second-order valence-corrected chi connectivity index (χ2v) is 3.52. The molecule has 1 aromatic carbocycles. The molecule has 1 unspecified atom stereocenters. The molecule has 4 nitrogen and oxygen atoms in total. The second kappa shape index (κ2) is 4.68. The van der Waals surface area contributed by atoms with Crippen LogP contribution in [0.15, 0.2) is 18.2 Å². The summed E-state index contributed by atoms with van der Waals surface area (Å²) in [6.07, 6.45) is 0. The fraction of sp³-hybridized carbons (Fsp3) is 0.364. The Kier molecular flexibility index (Phi) is 3.55. The highest BCUT2D eigenvalue weighted by Crippen LogP contribution is 2.23. The van der Waals surface area contributed by atoms with Gasteiger partial charge in [-0.2, -0.15) is 0 Å². The fourth-order valence-electron chi connectivity index (χ4n) is 1.39. The largest absolute Gasteiger partial charge is 0.397 e. The predicted molar refractivity (Wildman–Crippen MR) is 62.7 cm³/mol. The number of para-hydroxylation sites is 1. The van der Waals surface area contributed by atoms with Crippen LogP contribution in [0.3, 0.4) is 0 Å². The van der Waals surface area contributed by atoms with Crippen molar-refractivity contribution >= 4 is 17.3 Å². The quantitative estimate of drug-likeness (QED) is 0.651. The van der Waals surface area contributed by atoms with E-state index in [0.29, 0.717) is 5.69 Å². The van der Waals surface area contributed by atoms with E-state index in [0.717, 1.165) is 11.3 Å². The summed E-state index contributed by atoms with van der Waals surface area (Å²) in [6, 6.07) is 5.36. The van der Waals surface area contributed by atoms with Crippen molar-refractivity contribution in [2.75, 3.05) is 18.1 Å². The van der Waals surface area contributed by atoms with Gasteiger partial charge >= 0.3 is 0 Å². The molecule has 1 amide bonds. The Hall–Kier alpha value is -1.71. The van der Waals surface area contributed by atoms with Crippen molar-refractivity contribution in [1.82, 2.24) is 5.32 Å². The molecular weight excluding hydrogens is 190 g/mol. The Morgan fingerprint density at radius 3 is 2.67 bits per heavy atom. The first-order valence-corrected chi connectivity index (χ1v) is 4.89. The Morgan fingerprint density at radius 1 is 1.47 bits per heavy atom. The molecule has 0 heterocycles. The summed E-state index contributed by atoms with van der Waals surface area (Å²) in [4.78, 5) is 11.3. The van der Waals surface area contributed by atoms with Gasteiger partial charge in [0.15, 0.2) is 0 Å². The lowest BCUT2D eigenvalue weighted by Gasteiger charge is -2.17. The first-order valence-electron chi connectivity index (χ1n) is 4.89. The van der Waals surface area contributed by atoms with Gasteiger partial charge in [0.25, 0.3) is 0 Å². The highest BCUT2D eigenvalue weighted by Gasteiger charge is 2.12.